The Morgan fingerprint density at radius 1 is 1.64 bits per heavy atom. The second-order valence-corrected chi connectivity index (χ2v) is 4.42. The zero-order chi connectivity index (χ0) is 9.97. The average molecular weight is 193 g/mol. The van der Waals surface area contributed by atoms with Crippen LogP contribution in [0, 0.1) is 5.92 Å². The Balaban J connectivity index is 2.04. The van der Waals surface area contributed by atoms with E-state index in [1.54, 1.807) is 0 Å². The van der Waals surface area contributed by atoms with Gasteiger partial charge in [0.05, 0.1) is 0 Å². The molecule has 3 heteroatoms. The molecule has 0 amide bonds. The molecular formula is C11H19N3. The van der Waals surface area contributed by atoms with Crippen molar-refractivity contribution in [3.8, 4) is 0 Å². The highest BCUT2D eigenvalue weighted by Crippen LogP contribution is 2.17. The van der Waals surface area contributed by atoms with Crippen molar-refractivity contribution in [3.05, 3.63) is 18.0 Å². The van der Waals surface area contributed by atoms with Crippen LogP contribution in [0.5, 0.6) is 0 Å². The molecule has 1 saturated heterocycles. The Hall–Kier alpha value is -0.830. The van der Waals surface area contributed by atoms with Crippen molar-refractivity contribution in [2.24, 2.45) is 5.92 Å². The zero-order valence-corrected chi connectivity index (χ0v) is 9.03. The van der Waals surface area contributed by atoms with Crippen molar-refractivity contribution in [2.45, 2.75) is 32.7 Å². The smallest absolute Gasteiger partial charge is 0.0492 e. The SMILES string of the molecule is CC(C)n1nccc1CC1CCNC1. The van der Waals surface area contributed by atoms with E-state index in [2.05, 4.69) is 35.0 Å². The predicted octanol–water partition coefficient (Wildman–Crippen LogP) is 1.62. The molecule has 1 N–H and O–H groups in total. The molecule has 1 fully saturated rings. The molecule has 1 aromatic heterocycles. The number of rotatable bonds is 3. The van der Waals surface area contributed by atoms with Gasteiger partial charge in [0.25, 0.3) is 0 Å². The standard InChI is InChI=1S/C11H19N3/c1-9(2)14-11(4-6-13-14)7-10-3-5-12-8-10/h4,6,9-10,12H,3,5,7-8H2,1-2H3. The second kappa shape index (κ2) is 4.13. The molecule has 1 atom stereocenters. The molecule has 1 aliphatic rings. The van der Waals surface area contributed by atoms with Gasteiger partial charge in [0, 0.05) is 17.9 Å². The first-order valence-corrected chi connectivity index (χ1v) is 5.50. The topological polar surface area (TPSA) is 29.9 Å². The molecule has 14 heavy (non-hydrogen) atoms. The fourth-order valence-electron chi connectivity index (χ4n) is 2.15. The molecule has 78 valence electrons. The number of aromatic nitrogens is 2. The second-order valence-electron chi connectivity index (χ2n) is 4.42. The van der Waals surface area contributed by atoms with Gasteiger partial charge in [-0.05, 0) is 51.8 Å². The summed E-state index contributed by atoms with van der Waals surface area (Å²) in [6.07, 6.45) is 4.40. The van der Waals surface area contributed by atoms with E-state index in [1.807, 2.05) is 6.20 Å². The molecular weight excluding hydrogens is 174 g/mol. The molecule has 1 aliphatic heterocycles. The molecule has 2 heterocycles. The molecule has 2 rings (SSSR count). The fourth-order valence-corrected chi connectivity index (χ4v) is 2.15. The molecule has 0 aliphatic carbocycles. The highest BCUT2D eigenvalue weighted by molar-refractivity contribution is 5.03. The van der Waals surface area contributed by atoms with Gasteiger partial charge in [0.15, 0.2) is 0 Å². The zero-order valence-electron chi connectivity index (χ0n) is 9.03. The minimum absolute atomic E-state index is 0.481. The van der Waals surface area contributed by atoms with Crippen LogP contribution >= 0.6 is 0 Å². The van der Waals surface area contributed by atoms with E-state index in [4.69, 9.17) is 0 Å². The van der Waals surface area contributed by atoms with E-state index in [0.29, 0.717) is 6.04 Å². The van der Waals surface area contributed by atoms with Crippen molar-refractivity contribution >= 4 is 0 Å². The summed E-state index contributed by atoms with van der Waals surface area (Å²) >= 11 is 0. The number of hydrogen-bond acceptors (Lipinski definition) is 2. The molecule has 3 nitrogen and oxygen atoms in total. The average Bonchev–Trinajstić information content (AvgIpc) is 2.75. The van der Waals surface area contributed by atoms with Crippen LogP contribution in [0.15, 0.2) is 12.3 Å². The fraction of sp³-hybridized carbons (Fsp3) is 0.727. The third-order valence-corrected chi connectivity index (χ3v) is 2.90. The summed E-state index contributed by atoms with van der Waals surface area (Å²) in [6.45, 7) is 6.72. The minimum Gasteiger partial charge on any atom is -0.316 e. The molecule has 0 radical (unpaired) electrons. The van der Waals surface area contributed by atoms with Gasteiger partial charge in [0.2, 0.25) is 0 Å². The lowest BCUT2D eigenvalue weighted by molar-refractivity contribution is 0.477. The maximum absolute atomic E-state index is 4.35. The summed E-state index contributed by atoms with van der Waals surface area (Å²) in [6, 6.07) is 2.63. The third-order valence-electron chi connectivity index (χ3n) is 2.90. The van der Waals surface area contributed by atoms with Crippen LogP contribution in [0.4, 0.5) is 0 Å². The van der Waals surface area contributed by atoms with E-state index in [0.717, 1.165) is 5.92 Å². The van der Waals surface area contributed by atoms with Gasteiger partial charge >= 0.3 is 0 Å². The van der Waals surface area contributed by atoms with Crippen molar-refractivity contribution < 1.29 is 0 Å². The maximum Gasteiger partial charge on any atom is 0.0492 e. The summed E-state index contributed by atoms with van der Waals surface area (Å²) in [5, 5.41) is 7.76. The van der Waals surface area contributed by atoms with Gasteiger partial charge < -0.3 is 5.32 Å². The quantitative estimate of drug-likeness (QED) is 0.790. The highest BCUT2D eigenvalue weighted by Gasteiger charge is 2.17. The van der Waals surface area contributed by atoms with Crippen LogP contribution in [-0.2, 0) is 6.42 Å². The van der Waals surface area contributed by atoms with E-state index < -0.39 is 0 Å². The summed E-state index contributed by atoms with van der Waals surface area (Å²) in [5.41, 5.74) is 1.38. The number of hydrogen-bond donors (Lipinski definition) is 1. The normalized spacial score (nSPS) is 22.1. The van der Waals surface area contributed by atoms with Crippen LogP contribution in [-0.4, -0.2) is 22.9 Å². The van der Waals surface area contributed by atoms with Gasteiger partial charge in [0.1, 0.15) is 0 Å². The largest absolute Gasteiger partial charge is 0.316 e. The Morgan fingerprint density at radius 3 is 3.14 bits per heavy atom. The molecule has 0 saturated carbocycles. The van der Waals surface area contributed by atoms with Gasteiger partial charge in [-0.1, -0.05) is 0 Å². The van der Waals surface area contributed by atoms with Crippen LogP contribution in [0.1, 0.15) is 32.0 Å². The number of nitrogens with zero attached hydrogens (tertiary/aromatic N) is 2. The van der Waals surface area contributed by atoms with Crippen molar-refractivity contribution in [1.29, 1.82) is 0 Å². The van der Waals surface area contributed by atoms with E-state index in [9.17, 15) is 0 Å². The van der Waals surface area contributed by atoms with Crippen molar-refractivity contribution in [3.63, 3.8) is 0 Å². The van der Waals surface area contributed by atoms with Crippen molar-refractivity contribution in [2.75, 3.05) is 13.1 Å². The van der Waals surface area contributed by atoms with Crippen LogP contribution < -0.4 is 5.32 Å². The molecule has 0 bridgehead atoms. The number of nitrogens with one attached hydrogen (secondary N) is 1. The monoisotopic (exact) mass is 193 g/mol. The molecule has 1 unspecified atom stereocenters. The third kappa shape index (κ3) is 1.98. The van der Waals surface area contributed by atoms with Gasteiger partial charge in [-0.3, -0.25) is 4.68 Å². The van der Waals surface area contributed by atoms with Gasteiger partial charge in [-0.25, -0.2) is 0 Å². The Labute approximate surface area is 85.5 Å². The summed E-state index contributed by atoms with van der Waals surface area (Å²) in [5.74, 6) is 0.809. The highest BCUT2D eigenvalue weighted by atomic mass is 15.3. The Morgan fingerprint density at radius 2 is 2.50 bits per heavy atom. The first-order chi connectivity index (χ1) is 6.77. The Bertz CT molecular complexity index is 284. The predicted molar refractivity (Wildman–Crippen MR) is 57.3 cm³/mol. The Kier molecular flexibility index (Phi) is 2.87. The first-order valence-electron chi connectivity index (χ1n) is 5.50. The van der Waals surface area contributed by atoms with Gasteiger partial charge in [-0.15, -0.1) is 0 Å². The minimum atomic E-state index is 0.481. The van der Waals surface area contributed by atoms with E-state index in [-0.39, 0.29) is 0 Å². The van der Waals surface area contributed by atoms with Crippen LogP contribution in [0.25, 0.3) is 0 Å². The summed E-state index contributed by atoms with van der Waals surface area (Å²) < 4.78 is 2.14. The van der Waals surface area contributed by atoms with Crippen molar-refractivity contribution in [1.82, 2.24) is 15.1 Å². The lowest BCUT2D eigenvalue weighted by Crippen LogP contribution is -2.14. The summed E-state index contributed by atoms with van der Waals surface area (Å²) in [7, 11) is 0. The molecule has 1 aromatic rings. The molecule has 0 spiro atoms. The first kappa shape index (κ1) is 9.71. The summed E-state index contributed by atoms with van der Waals surface area (Å²) in [4.78, 5) is 0. The lowest BCUT2D eigenvalue weighted by Gasteiger charge is -2.13. The van der Waals surface area contributed by atoms with Crippen LogP contribution in [0.3, 0.4) is 0 Å². The van der Waals surface area contributed by atoms with E-state index in [1.165, 1.54) is 31.6 Å². The van der Waals surface area contributed by atoms with Crippen LogP contribution in [0.2, 0.25) is 0 Å². The van der Waals surface area contributed by atoms with Gasteiger partial charge in [-0.2, -0.15) is 5.10 Å². The van der Waals surface area contributed by atoms with E-state index >= 15 is 0 Å². The maximum atomic E-state index is 4.35. The molecule has 0 aromatic carbocycles. The lowest BCUT2D eigenvalue weighted by atomic mass is 10.0.